The maximum atomic E-state index is 9.85. The Morgan fingerprint density at radius 3 is 2.75 bits per heavy atom. The minimum absolute atomic E-state index is 0.302. The second-order valence-corrected chi connectivity index (χ2v) is 4.15. The number of aliphatic hydroxyl groups excluding tert-OH is 1. The molecule has 0 radical (unpaired) electrons. The number of aromatic nitrogens is 1. The van der Waals surface area contributed by atoms with E-state index in [0.29, 0.717) is 12.2 Å². The first-order valence-electron chi connectivity index (χ1n) is 5.61. The minimum Gasteiger partial charge on any atom is -0.506 e. The SMILES string of the molecule is CCn1c(CC(C)O)cc2cccc(O)c21. The van der Waals surface area contributed by atoms with Gasteiger partial charge in [-0.2, -0.15) is 0 Å². The van der Waals surface area contributed by atoms with Crippen LogP contribution < -0.4 is 0 Å². The van der Waals surface area contributed by atoms with Gasteiger partial charge in [-0.05, 0) is 26.0 Å². The van der Waals surface area contributed by atoms with Crippen LogP contribution in [0.5, 0.6) is 5.75 Å². The van der Waals surface area contributed by atoms with Crippen molar-refractivity contribution in [2.75, 3.05) is 0 Å². The smallest absolute Gasteiger partial charge is 0.139 e. The molecule has 2 N–H and O–H groups in total. The molecule has 0 aliphatic rings. The molecule has 0 spiro atoms. The number of aliphatic hydroxyl groups is 1. The number of hydrogen-bond donors (Lipinski definition) is 2. The van der Waals surface area contributed by atoms with E-state index in [0.717, 1.165) is 23.1 Å². The van der Waals surface area contributed by atoms with Crippen LogP contribution in [-0.4, -0.2) is 20.9 Å². The first-order chi connectivity index (χ1) is 7.63. The monoisotopic (exact) mass is 219 g/mol. The van der Waals surface area contributed by atoms with Gasteiger partial charge in [0.15, 0.2) is 0 Å². The van der Waals surface area contributed by atoms with Gasteiger partial charge in [-0.25, -0.2) is 0 Å². The fourth-order valence-corrected chi connectivity index (χ4v) is 2.19. The van der Waals surface area contributed by atoms with Crippen LogP contribution in [0.2, 0.25) is 0 Å². The number of rotatable bonds is 3. The standard InChI is InChI=1S/C13H17NO2/c1-3-14-11(7-9(2)15)8-10-5-4-6-12(16)13(10)14/h4-6,8-9,15-16H,3,7H2,1-2H3. The molecule has 2 rings (SSSR count). The van der Waals surface area contributed by atoms with Crippen LogP contribution in [0.15, 0.2) is 24.3 Å². The maximum absolute atomic E-state index is 9.85. The van der Waals surface area contributed by atoms with E-state index in [4.69, 9.17) is 0 Å². The third-order valence-corrected chi connectivity index (χ3v) is 2.81. The Morgan fingerprint density at radius 2 is 2.12 bits per heavy atom. The van der Waals surface area contributed by atoms with E-state index in [9.17, 15) is 10.2 Å². The lowest BCUT2D eigenvalue weighted by molar-refractivity contribution is 0.193. The Labute approximate surface area is 94.9 Å². The average molecular weight is 219 g/mol. The molecule has 1 unspecified atom stereocenters. The van der Waals surface area contributed by atoms with E-state index in [1.807, 2.05) is 25.1 Å². The van der Waals surface area contributed by atoms with Gasteiger partial charge in [0.05, 0.1) is 11.6 Å². The third-order valence-electron chi connectivity index (χ3n) is 2.81. The molecule has 16 heavy (non-hydrogen) atoms. The van der Waals surface area contributed by atoms with Gasteiger partial charge in [-0.15, -0.1) is 0 Å². The summed E-state index contributed by atoms with van der Waals surface area (Å²) >= 11 is 0. The van der Waals surface area contributed by atoms with E-state index in [-0.39, 0.29) is 6.10 Å². The van der Waals surface area contributed by atoms with Crippen LogP contribution in [0.4, 0.5) is 0 Å². The van der Waals surface area contributed by atoms with Crippen LogP contribution in [0, 0.1) is 0 Å². The Kier molecular flexibility index (Phi) is 2.88. The fourth-order valence-electron chi connectivity index (χ4n) is 2.19. The summed E-state index contributed by atoms with van der Waals surface area (Å²) in [5.74, 6) is 0.302. The Hall–Kier alpha value is -1.48. The molecule has 0 saturated carbocycles. The molecule has 0 aliphatic heterocycles. The fraction of sp³-hybridized carbons (Fsp3) is 0.385. The molecule has 0 amide bonds. The van der Waals surface area contributed by atoms with Gasteiger partial charge in [-0.1, -0.05) is 12.1 Å². The molecule has 3 nitrogen and oxygen atoms in total. The van der Waals surface area contributed by atoms with Crippen molar-refractivity contribution in [2.45, 2.75) is 32.9 Å². The second-order valence-electron chi connectivity index (χ2n) is 4.15. The summed E-state index contributed by atoms with van der Waals surface area (Å²) in [6.07, 6.45) is 0.249. The summed E-state index contributed by atoms with van der Waals surface area (Å²) in [7, 11) is 0. The highest BCUT2D eigenvalue weighted by molar-refractivity contribution is 5.86. The van der Waals surface area contributed by atoms with Gasteiger partial charge >= 0.3 is 0 Å². The van der Waals surface area contributed by atoms with Gasteiger partial charge < -0.3 is 14.8 Å². The zero-order chi connectivity index (χ0) is 11.7. The van der Waals surface area contributed by atoms with E-state index in [1.54, 1.807) is 13.0 Å². The Balaban J connectivity index is 2.62. The number of para-hydroxylation sites is 1. The van der Waals surface area contributed by atoms with Crippen molar-refractivity contribution < 1.29 is 10.2 Å². The highest BCUT2D eigenvalue weighted by Crippen LogP contribution is 2.28. The number of aromatic hydroxyl groups is 1. The third kappa shape index (κ3) is 1.78. The quantitative estimate of drug-likeness (QED) is 0.832. The van der Waals surface area contributed by atoms with Crippen LogP contribution in [0.1, 0.15) is 19.5 Å². The second kappa shape index (κ2) is 4.18. The van der Waals surface area contributed by atoms with Crippen LogP contribution in [0.25, 0.3) is 10.9 Å². The van der Waals surface area contributed by atoms with Gasteiger partial charge in [0.2, 0.25) is 0 Å². The lowest BCUT2D eigenvalue weighted by Crippen LogP contribution is -2.09. The molecule has 1 atom stereocenters. The van der Waals surface area contributed by atoms with E-state index in [2.05, 4.69) is 4.57 Å². The largest absolute Gasteiger partial charge is 0.506 e. The number of nitrogens with zero attached hydrogens (tertiary/aromatic N) is 1. The first kappa shape index (κ1) is 11.0. The van der Waals surface area contributed by atoms with Crippen molar-refractivity contribution in [3.63, 3.8) is 0 Å². The molecule has 3 heteroatoms. The van der Waals surface area contributed by atoms with Crippen LogP contribution in [0.3, 0.4) is 0 Å². The molecule has 1 heterocycles. The Morgan fingerprint density at radius 1 is 1.38 bits per heavy atom. The number of phenols is 1. The van der Waals surface area contributed by atoms with Crippen molar-refractivity contribution >= 4 is 10.9 Å². The molecular weight excluding hydrogens is 202 g/mol. The zero-order valence-electron chi connectivity index (χ0n) is 9.64. The van der Waals surface area contributed by atoms with Gasteiger partial charge in [0, 0.05) is 24.0 Å². The molecular formula is C13H17NO2. The molecule has 86 valence electrons. The average Bonchev–Trinajstić information content (AvgIpc) is 2.55. The van der Waals surface area contributed by atoms with Crippen LogP contribution >= 0.6 is 0 Å². The van der Waals surface area contributed by atoms with Crippen molar-refractivity contribution in [3.05, 3.63) is 30.0 Å². The lowest BCUT2D eigenvalue weighted by atomic mass is 10.2. The molecule has 0 bridgehead atoms. The molecule has 0 saturated heterocycles. The van der Waals surface area contributed by atoms with E-state index >= 15 is 0 Å². The summed E-state index contributed by atoms with van der Waals surface area (Å²) in [5.41, 5.74) is 1.93. The summed E-state index contributed by atoms with van der Waals surface area (Å²) < 4.78 is 2.05. The normalized spacial score (nSPS) is 13.2. The molecule has 0 fully saturated rings. The predicted octanol–water partition coefficient (Wildman–Crippen LogP) is 2.29. The van der Waals surface area contributed by atoms with E-state index < -0.39 is 0 Å². The van der Waals surface area contributed by atoms with Crippen LogP contribution in [-0.2, 0) is 13.0 Å². The molecule has 1 aromatic carbocycles. The van der Waals surface area contributed by atoms with E-state index in [1.165, 1.54) is 0 Å². The topological polar surface area (TPSA) is 45.4 Å². The van der Waals surface area contributed by atoms with Crippen molar-refractivity contribution in [3.8, 4) is 5.75 Å². The Bertz CT molecular complexity index is 500. The van der Waals surface area contributed by atoms with Gasteiger partial charge in [0.1, 0.15) is 5.75 Å². The number of benzene rings is 1. The summed E-state index contributed by atoms with van der Waals surface area (Å²) in [6.45, 7) is 4.61. The van der Waals surface area contributed by atoms with Gasteiger partial charge in [-0.3, -0.25) is 0 Å². The predicted molar refractivity (Wildman–Crippen MR) is 64.7 cm³/mol. The molecule has 2 aromatic rings. The van der Waals surface area contributed by atoms with Crippen molar-refractivity contribution in [2.24, 2.45) is 0 Å². The van der Waals surface area contributed by atoms with Gasteiger partial charge in [0.25, 0.3) is 0 Å². The summed E-state index contributed by atoms with van der Waals surface area (Å²) in [5, 5.41) is 20.3. The summed E-state index contributed by atoms with van der Waals surface area (Å²) in [4.78, 5) is 0. The number of hydrogen-bond acceptors (Lipinski definition) is 2. The highest BCUT2D eigenvalue weighted by atomic mass is 16.3. The minimum atomic E-state index is -0.364. The summed E-state index contributed by atoms with van der Waals surface area (Å²) in [6, 6.07) is 7.54. The number of fused-ring (bicyclic) bond motifs is 1. The molecule has 0 aliphatic carbocycles. The first-order valence-corrected chi connectivity index (χ1v) is 5.61. The maximum Gasteiger partial charge on any atom is 0.139 e. The number of phenolic OH excluding ortho intramolecular Hbond substituents is 1. The lowest BCUT2D eigenvalue weighted by Gasteiger charge is -2.09. The zero-order valence-corrected chi connectivity index (χ0v) is 9.64. The number of aryl methyl sites for hydroxylation is 1. The van der Waals surface area contributed by atoms with Crippen molar-refractivity contribution in [1.82, 2.24) is 4.57 Å². The van der Waals surface area contributed by atoms with Crippen molar-refractivity contribution in [1.29, 1.82) is 0 Å². The molecule has 1 aromatic heterocycles. The highest BCUT2D eigenvalue weighted by Gasteiger charge is 2.11.